The molecule has 0 heterocycles. The van der Waals surface area contributed by atoms with Crippen molar-refractivity contribution in [2.45, 2.75) is 95.5 Å². The van der Waals surface area contributed by atoms with Crippen molar-refractivity contribution in [1.82, 2.24) is 0 Å². The second-order valence-electron chi connectivity index (χ2n) is 6.52. The van der Waals surface area contributed by atoms with Crippen LogP contribution in [0.3, 0.4) is 0 Å². The summed E-state index contributed by atoms with van der Waals surface area (Å²) >= 11 is 0. The number of hydrogen-bond donors (Lipinski definition) is 7. The largest absolute Gasteiger partial charge is 0.481 e. The summed E-state index contributed by atoms with van der Waals surface area (Å²) < 4.78 is 0. The SMILES string of the molecule is CCCCCCCCCCCC(=O)O.O=C(O)C(O)C(O)C(O)C(O)C(=O)O. The van der Waals surface area contributed by atoms with Gasteiger partial charge in [-0.15, -0.1) is 0 Å². The molecule has 0 aliphatic rings. The number of carboxylic acid groups (broad SMARTS) is 3. The lowest BCUT2D eigenvalue weighted by atomic mass is 10.0. The van der Waals surface area contributed by atoms with Gasteiger partial charge in [-0.3, -0.25) is 4.79 Å². The van der Waals surface area contributed by atoms with E-state index in [1.54, 1.807) is 0 Å². The maximum Gasteiger partial charge on any atom is 0.335 e. The number of aliphatic hydroxyl groups excluding tert-OH is 4. The summed E-state index contributed by atoms with van der Waals surface area (Å²) in [5.74, 6) is -4.34. The van der Waals surface area contributed by atoms with Gasteiger partial charge in [0.05, 0.1) is 0 Å². The van der Waals surface area contributed by atoms with Crippen LogP contribution in [0.4, 0.5) is 0 Å². The zero-order valence-corrected chi connectivity index (χ0v) is 16.2. The Morgan fingerprint density at radius 2 is 0.929 bits per heavy atom. The quantitative estimate of drug-likeness (QED) is 0.188. The molecule has 0 aliphatic carbocycles. The van der Waals surface area contributed by atoms with E-state index >= 15 is 0 Å². The molecule has 0 bridgehead atoms. The van der Waals surface area contributed by atoms with Gasteiger partial charge >= 0.3 is 17.9 Å². The van der Waals surface area contributed by atoms with Gasteiger partial charge in [0.2, 0.25) is 0 Å². The minimum Gasteiger partial charge on any atom is -0.481 e. The molecule has 7 N–H and O–H groups in total. The van der Waals surface area contributed by atoms with Crippen LogP contribution in [0.1, 0.15) is 71.1 Å². The highest BCUT2D eigenvalue weighted by Gasteiger charge is 2.37. The Hall–Kier alpha value is -1.75. The molecule has 4 unspecified atom stereocenters. The van der Waals surface area contributed by atoms with Crippen LogP contribution in [0.2, 0.25) is 0 Å². The molecule has 0 saturated carbocycles. The van der Waals surface area contributed by atoms with Gasteiger partial charge in [-0.25, -0.2) is 9.59 Å². The van der Waals surface area contributed by atoms with Crippen molar-refractivity contribution in [3.63, 3.8) is 0 Å². The van der Waals surface area contributed by atoms with E-state index in [0.29, 0.717) is 6.42 Å². The number of hydrogen-bond acceptors (Lipinski definition) is 7. The van der Waals surface area contributed by atoms with Gasteiger partial charge in [0, 0.05) is 6.42 Å². The maximum atomic E-state index is 10.2. The summed E-state index contributed by atoms with van der Waals surface area (Å²) in [7, 11) is 0. The van der Waals surface area contributed by atoms with Gasteiger partial charge in [0.25, 0.3) is 0 Å². The lowest BCUT2D eigenvalue weighted by Crippen LogP contribution is -2.49. The van der Waals surface area contributed by atoms with E-state index in [-0.39, 0.29) is 0 Å². The molecule has 0 amide bonds. The fourth-order valence-corrected chi connectivity index (χ4v) is 2.25. The lowest BCUT2D eigenvalue weighted by molar-refractivity contribution is -0.172. The molecule has 0 aromatic heterocycles. The molecule has 0 aromatic carbocycles. The summed E-state index contributed by atoms with van der Waals surface area (Å²) in [6, 6.07) is 0. The van der Waals surface area contributed by atoms with E-state index in [1.807, 2.05) is 0 Å². The molecule has 0 aliphatic heterocycles. The molecule has 0 aromatic rings. The van der Waals surface area contributed by atoms with Crippen LogP contribution in [-0.2, 0) is 14.4 Å². The Morgan fingerprint density at radius 3 is 1.21 bits per heavy atom. The van der Waals surface area contributed by atoms with Gasteiger partial charge in [0.15, 0.2) is 12.2 Å². The van der Waals surface area contributed by atoms with Crippen LogP contribution < -0.4 is 0 Å². The second-order valence-corrected chi connectivity index (χ2v) is 6.52. The molecule has 4 atom stereocenters. The molecule has 0 rings (SSSR count). The third-order valence-corrected chi connectivity index (χ3v) is 4.00. The minimum atomic E-state index is -2.36. The van der Waals surface area contributed by atoms with Crippen LogP contribution in [0, 0.1) is 0 Å². The molecule has 10 heteroatoms. The van der Waals surface area contributed by atoms with Crippen LogP contribution >= 0.6 is 0 Å². The smallest absolute Gasteiger partial charge is 0.335 e. The Bertz CT molecular complexity index is 416. The molecule has 0 spiro atoms. The number of aliphatic carboxylic acids is 3. The number of carbonyl (C=O) groups is 3. The highest BCUT2D eigenvalue weighted by Crippen LogP contribution is 2.10. The first-order valence-electron chi connectivity index (χ1n) is 9.45. The summed E-state index contributed by atoms with van der Waals surface area (Å²) in [6.07, 6.45) is 2.20. The van der Waals surface area contributed by atoms with Crippen molar-refractivity contribution >= 4 is 17.9 Å². The fraction of sp³-hybridized carbons (Fsp3) is 0.833. The minimum absolute atomic E-state index is 0.343. The third-order valence-electron chi connectivity index (χ3n) is 4.00. The zero-order valence-electron chi connectivity index (χ0n) is 16.2. The van der Waals surface area contributed by atoms with E-state index in [9.17, 15) is 14.4 Å². The summed E-state index contributed by atoms with van der Waals surface area (Å²) in [4.78, 5) is 30.4. The normalized spacial score (nSPS) is 14.9. The average Bonchev–Trinajstić information content (AvgIpc) is 2.64. The predicted octanol–water partition coefficient (Wildman–Crippen LogP) is 0.591. The van der Waals surface area contributed by atoms with Crippen molar-refractivity contribution in [3.8, 4) is 0 Å². The Labute approximate surface area is 164 Å². The molecule has 28 heavy (non-hydrogen) atoms. The first-order valence-corrected chi connectivity index (χ1v) is 9.45. The highest BCUT2D eigenvalue weighted by molar-refractivity contribution is 5.75. The van der Waals surface area contributed by atoms with Crippen LogP contribution in [0.5, 0.6) is 0 Å². The van der Waals surface area contributed by atoms with Crippen LogP contribution in [-0.4, -0.2) is 78.1 Å². The number of rotatable bonds is 15. The van der Waals surface area contributed by atoms with E-state index in [1.165, 1.54) is 44.9 Å². The van der Waals surface area contributed by atoms with Gasteiger partial charge in [-0.05, 0) is 6.42 Å². The van der Waals surface area contributed by atoms with E-state index in [4.69, 9.17) is 35.7 Å². The molecule has 0 saturated heterocycles. The summed E-state index contributed by atoms with van der Waals surface area (Å²) in [5.41, 5.74) is 0. The zero-order chi connectivity index (χ0) is 22.1. The van der Waals surface area contributed by atoms with Gasteiger partial charge in [-0.2, -0.15) is 0 Å². The molecule has 0 fully saturated rings. The molecule has 166 valence electrons. The average molecular weight is 410 g/mol. The topological polar surface area (TPSA) is 193 Å². The second kappa shape index (κ2) is 17.4. The van der Waals surface area contributed by atoms with Crippen molar-refractivity contribution in [1.29, 1.82) is 0 Å². The standard InChI is InChI=1S/C12H24O2.C6H10O8/c1-2-3-4-5-6-7-8-9-10-11-12(13)14;7-1(3(9)5(11)12)2(8)4(10)6(13)14/h2-11H2,1H3,(H,13,14);1-4,7-10H,(H,11,12)(H,13,14). The van der Waals surface area contributed by atoms with Crippen LogP contribution in [0.25, 0.3) is 0 Å². The predicted molar refractivity (Wildman–Crippen MR) is 98.8 cm³/mol. The van der Waals surface area contributed by atoms with Gasteiger partial charge < -0.3 is 35.7 Å². The summed E-state index contributed by atoms with van der Waals surface area (Å²) in [6.45, 7) is 2.23. The summed E-state index contributed by atoms with van der Waals surface area (Å²) in [5, 5.41) is 59.9. The number of carboxylic acids is 3. The van der Waals surface area contributed by atoms with E-state index < -0.39 is 42.3 Å². The van der Waals surface area contributed by atoms with Crippen molar-refractivity contribution < 1.29 is 50.1 Å². The molecular weight excluding hydrogens is 376 g/mol. The van der Waals surface area contributed by atoms with Gasteiger partial charge in [0.1, 0.15) is 12.2 Å². The fourth-order valence-electron chi connectivity index (χ4n) is 2.25. The van der Waals surface area contributed by atoms with Crippen molar-refractivity contribution in [2.75, 3.05) is 0 Å². The van der Waals surface area contributed by atoms with Crippen LogP contribution in [0.15, 0.2) is 0 Å². The van der Waals surface area contributed by atoms with Crippen molar-refractivity contribution in [2.24, 2.45) is 0 Å². The number of unbranched alkanes of at least 4 members (excludes halogenated alkanes) is 8. The Kier molecular flexibility index (Phi) is 17.6. The highest BCUT2D eigenvalue weighted by atomic mass is 16.4. The van der Waals surface area contributed by atoms with E-state index in [0.717, 1.165) is 12.8 Å². The number of aliphatic hydroxyl groups is 4. The van der Waals surface area contributed by atoms with Gasteiger partial charge in [-0.1, -0.05) is 58.3 Å². The Morgan fingerprint density at radius 1 is 0.607 bits per heavy atom. The molecule has 10 nitrogen and oxygen atoms in total. The third kappa shape index (κ3) is 15.3. The van der Waals surface area contributed by atoms with Crippen molar-refractivity contribution in [3.05, 3.63) is 0 Å². The molecular formula is C18H34O10. The lowest BCUT2D eigenvalue weighted by Gasteiger charge is -2.21. The maximum absolute atomic E-state index is 10.2. The first kappa shape index (κ1) is 28.5. The molecule has 0 radical (unpaired) electrons. The monoisotopic (exact) mass is 410 g/mol. The first-order chi connectivity index (χ1) is 13.1. The van der Waals surface area contributed by atoms with E-state index in [2.05, 4.69) is 6.92 Å². The Balaban J connectivity index is 0.